The minimum absolute atomic E-state index is 0.703. The molecule has 0 saturated carbocycles. The van der Waals surface area contributed by atoms with Crippen molar-refractivity contribution in [2.45, 2.75) is 19.3 Å². The summed E-state index contributed by atoms with van der Waals surface area (Å²) < 4.78 is 5.17. The summed E-state index contributed by atoms with van der Waals surface area (Å²) in [5.41, 5.74) is 7.14. The van der Waals surface area contributed by atoms with Crippen molar-refractivity contribution in [1.82, 2.24) is 4.90 Å². The van der Waals surface area contributed by atoms with Gasteiger partial charge in [0.1, 0.15) is 5.75 Å². The quantitative estimate of drug-likeness (QED) is 0.865. The Bertz CT molecular complexity index is 350. The summed E-state index contributed by atoms with van der Waals surface area (Å²) in [6.45, 7) is 4.38. The number of methoxy groups -OCH3 is 1. The van der Waals surface area contributed by atoms with Gasteiger partial charge in [-0.15, -0.1) is 0 Å². The maximum Gasteiger partial charge on any atom is 0.118 e. The molecule has 1 aliphatic heterocycles. The van der Waals surface area contributed by atoms with Crippen LogP contribution in [0.5, 0.6) is 5.75 Å². The van der Waals surface area contributed by atoms with Gasteiger partial charge in [0.2, 0.25) is 0 Å². The Morgan fingerprint density at radius 3 is 2.78 bits per heavy atom. The Labute approximate surface area is 110 Å². The lowest BCUT2D eigenvalue weighted by Crippen LogP contribution is -2.39. The fourth-order valence-corrected chi connectivity index (χ4v) is 2.63. The van der Waals surface area contributed by atoms with Gasteiger partial charge in [0.15, 0.2) is 0 Å². The number of hydrogen-bond donors (Lipinski definition) is 1. The first-order chi connectivity index (χ1) is 8.81. The van der Waals surface area contributed by atoms with Crippen LogP contribution >= 0.6 is 0 Å². The summed E-state index contributed by atoms with van der Waals surface area (Å²) in [5, 5.41) is 0. The molecule has 1 aromatic rings. The van der Waals surface area contributed by atoms with Gasteiger partial charge in [-0.2, -0.15) is 0 Å². The number of hydrogen-bond acceptors (Lipinski definition) is 3. The van der Waals surface area contributed by atoms with E-state index in [9.17, 15) is 0 Å². The minimum atomic E-state index is 0.703. The van der Waals surface area contributed by atoms with Crippen molar-refractivity contribution >= 4 is 0 Å². The van der Waals surface area contributed by atoms with Crippen LogP contribution in [0.15, 0.2) is 24.3 Å². The van der Waals surface area contributed by atoms with Crippen LogP contribution < -0.4 is 10.5 Å². The number of benzene rings is 1. The van der Waals surface area contributed by atoms with Crippen LogP contribution in [0.2, 0.25) is 0 Å². The second-order valence-corrected chi connectivity index (χ2v) is 5.14. The van der Waals surface area contributed by atoms with Crippen molar-refractivity contribution in [3.63, 3.8) is 0 Å². The first-order valence-corrected chi connectivity index (χ1v) is 6.87. The topological polar surface area (TPSA) is 38.5 Å². The van der Waals surface area contributed by atoms with E-state index in [0.29, 0.717) is 5.92 Å². The van der Waals surface area contributed by atoms with E-state index in [0.717, 1.165) is 25.3 Å². The molecule has 0 amide bonds. The number of likely N-dealkylation sites (tertiary alicyclic amines) is 1. The summed E-state index contributed by atoms with van der Waals surface area (Å²) in [6.07, 6.45) is 3.71. The molecular formula is C15H24N2O. The van der Waals surface area contributed by atoms with E-state index in [1.54, 1.807) is 7.11 Å². The van der Waals surface area contributed by atoms with Crippen LogP contribution in [-0.2, 0) is 6.42 Å². The van der Waals surface area contributed by atoms with Crippen molar-refractivity contribution in [3.8, 4) is 5.75 Å². The second kappa shape index (κ2) is 6.76. The molecule has 18 heavy (non-hydrogen) atoms. The molecule has 1 unspecified atom stereocenters. The second-order valence-electron chi connectivity index (χ2n) is 5.14. The van der Waals surface area contributed by atoms with Crippen molar-refractivity contribution in [2.75, 3.05) is 33.3 Å². The monoisotopic (exact) mass is 248 g/mol. The lowest BCUT2D eigenvalue weighted by Gasteiger charge is -2.32. The number of ether oxygens (including phenoxy) is 1. The lowest BCUT2D eigenvalue weighted by molar-refractivity contribution is 0.180. The van der Waals surface area contributed by atoms with Crippen LogP contribution in [0, 0.1) is 5.92 Å². The fraction of sp³-hybridized carbons (Fsp3) is 0.600. The van der Waals surface area contributed by atoms with Crippen molar-refractivity contribution in [1.29, 1.82) is 0 Å². The van der Waals surface area contributed by atoms with Gasteiger partial charge >= 0.3 is 0 Å². The third-order valence-electron chi connectivity index (χ3n) is 3.81. The third kappa shape index (κ3) is 3.72. The van der Waals surface area contributed by atoms with Gasteiger partial charge in [0, 0.05) is 13.1 Å². The van der Waals surface area contributed by atoms with E-state index in [4.69, 9.17) is 10.5 Å². The van der Waals surface area contributed by atoms with E-state index >= 15 is 0 Å². The molecule has 3 heteroatoms. The highest BCUT2D eigenvalue weighted by molar-refractivity contribution is 5.27. The molecule has 2 N–H and O–H groups in total. The molecule has 100 valence electrons. The minimum Gasteiger partial charge on any atom is -0.497 e. The lowest BCUT2D eigenvalue weighted by atomic mass is 9.98. The Morgan fingerprint density at radius 2 is 2.11 bits per heavy atom. The SMILES string of the molecule is COc1ccc(CCN2CCCC(CN)C2)cc1. The van der Waals surface area contributed by atoms with Gasteiger partial charge in [-0.05, 0) is 56.0 Å². The molecule has 1 aromatic carbocycles. The van der Waals surface area contributed by atoms with Crippen LogP contribution in [0.4, 0.5) is 0 Å². The van der Waals surface area contributed by atoms with E-state index in [2.05, 4.69) is 17.0 Å². The van der Waals surface area contributed by atoms with E-state index < -0.39 is 0 Å². The molecule has 0 aromatic heterocycles. The van der Waals surface area contributed by atoms with E-state index in [1.807, 2.05) is 12.1 Å². The summed E-state index contributed by atoms with van der Waals surface area (Å²) >= 11 is 0. The Hall–Kier alpha value is -1.06. The Morgan fingerprint density at radius 1 is 1.33 bits per heavy atom. The molecule has 0 radical (unpaired) electrons. The van der Waals surface area contributed by atoms with Crippen LogP contribution in [0.1, 0.15) is 18.4 Å². The number of nitrogens with zero attached hydrogens (tertiary/aromatic N) is 1. The Balaban J connectivity index is 1.79. The molecule has 1 aliphatic rings. The predicted octanol–water partition coefficient (Wildman–Crippen LogP) is 1.91. The summed E-state index contributed by atoms with van der Waals surface area (Å²) in [6, 6.07) is 8.38. The standard InChI is InChI=1S/C15H24N2O/c1-18-15-6-4-13(5-7-15)8-10-17-9-2-3-14(11-16)12-17/h4-7,14H,2-3,8-12,16H2,1H3. The van der Waals surface area contributed by atoms with Gasteiger partial charge in [0.05, 0.1) is 7.11 Å². The first-order valence-electron chi connectivity index (χ1n) is 6.87. The van der Waals surface area contributed by atoms with Crippen molar-refractivity contribution in [2.24, 2.45) is 11.7 Å². The number of rotatable bonds is 5. The average Bonchev–Trinajstić information content (AvgIpc) is 2.46. The zero-order valence-electron chi connectivity index (χ0n) is 11.3. The van der Waals surface area contributed by atoms with Gasteiger partial charge in [-0.1, -0.05) is 12.1 Å². The van der Waals surface area contributed by atoms with Gasteiger partial charge < -0.3 is 15.4 Å². The summed E-state index contributed by atoms with van der Waals surface area (Å²) in [7, 11) is 1.70. The zero-order valence-corrected chi connectivity index (χ0v) is 11.3. The van der Waals surface area contributed by atoms with E-state index in [1.165, 1.54) is 31.5 Å². The summed E-state index contributed by atoms with van der Waals surface area (Å²) in [5.74, 6) is 1.63. The largest absolute Gasteiger partial charge is 0.497 e. The van der Waals surface area contributed by atoms with Crippen LogP contribution in [0.3, 0.4) is 0 Å². The molecule has 0 aliphatic carbocycles. The molecule has 1 saturated heterocycles. The highest BCUT2D eigenvalue weighted by atomic mass is 16.5. The highest BCUT2D eigenvalue weighted by Gasteiger charge is 2.17. The molecule has 0 bridgehead atoms. The predicted molar refractivity (Wildman–Crippen MR) is 74.9 cm³/mol. The normalized spacial score (nSPS) is 20.9. The molecule has 3 nitrogen and oxygen atoms in total. The van der Waals surface area contributed by atoms with E-state index in [-0.39, 0.29) is 0 Å². The molecular weight excluding hydrogens is 224 g/mol. The highest BCUT2D eigenvalue weighted by Crippen LogP contribution is 2.16. The fourth-order valence-electron chi connectivity index (χ4n) is 2.63. The number of piperidine rings is 1. The molecule has 1 atom stereocenters. The smallest absolute Gasteiger partial charge is 0.118 e. The van der Waals surface area contributed by atoms with Gasteiger partial charge in [0.25, 0.3) is 0 Å². The Kier molecular flexibility index (Phi) is 5.02. The maximum atomic E-state index is 5.76. The van der Waals surface area contributed by atoms with Gasteiger partial charge in [-0.25, -0.2) is 0 Å². The number of nitrogens with two attached hydrogens (primary N) is 1. The summed E-state index contributed by atoms with van der Waals surface area (Å²) in [4.78, 5) is 2.55. The van der Waals surface area contributed by atoms with Crippen LogP contribution in [0.25, 0.3) is 0 Å². The zero-order chi connectivity index (χ0) is 12.8. The first kappa shape index (κ1) is 13.4. The molecule has 1 fully saturated rings. The maximum absolute atomic E-state index is 5.76. The van der Waals surface area contributed by atoms with Crippen LogP contribution in [-0.4, -0.2) is 38.2 Å². The third-order valence-corrected chi connectivity index (χ3v) is 3.81. The molecule has 0 spiro atoms. The van der Waals surface area contributed by atoms with Crippen molar-refractivity contribution < 1.29 is 4.74 Å². The van der Waals surface area contributed by atoms with Crippen molar-refractivity contribution in [3.05, 3.63) is 29.8 Å². The van der Waals surface area contributed by atoms with Gasteiger partial charge in [-0.3, -0.25) is 0 Å². The molecule has 2 rings (SSSR count). The molecule has 1 heterocycles. The average molecular weight is 248 g/mol.